The monoisotopic (exact) mass is 303 g/mol. The lowest BCUT2D eigenvalue weighted by molar-refractivity contribution is 0.349. The topological polar surface area (TPSA) is 39.1 Å². The van der Waals surface area contributed by atoms with Gasteiger partial charge in [-0.2, -0.15) is 0 Å². The molecule has 0 saturated heterocycles. The summed E-state index contributed by atoms with van der Waals surface area (Å²) in [6.45, 7) is 5.06. The Hall–Kier alpha value is -1.88. The largest absolute Gasteiger partial charge is 0.494 e. The summed E-state index contributed by atoms with van der Waals surface area (Å²) in [4.78, 5) is 4.53. The maximum absolute atomic E-state index is 13.5. The molecular weight excluding hydrogens is 281 g/mol. The van der Waals surface area contributed by atoms with E-state index in [-0.39, 0.29) is 11.9 Å². The molecule has 2 unspecified atom stereocenters. The molecule has 0 spiro atoms. The standard InChI is InChI=1S/C17H22FN3O/c1-11-9-21-10-14(5-7-17(21)19-11)20-12(2)13-4-6-15(18)16(8-13)22-3/h4,6,8-9,12,14,20H,5,7,10H2,1-3H3. The van der Waals surface area contributed by atoms with E-state index in [1.807, 2.05) is 13.0 Å². The first-order chi connectivity index (χ1) is 10.6. The van der Waals surface area contributed by atoms with E-state index in [0.29, 0.717) is 11.8 Å². The number of aromatic nitrogens is 2. The molecule has 1 aromatic heterocycles. The van der Waals surface area contributed by atoms with Gasteiger partial charge in [-0.05, 0) is 38.0 Å². The molecule has 1 aliphatic rings. The molecule has 1 aromatic carbocycles. The summed E-state index contributed by atoms with van der Waals surface area (Å²) in [5.41, 5.74) is 2.11. The van der Waals surface area contributed by atoms with Gasteiger partial charge in [0.25, 0.3) is 0 Å². The van der Waals surface area contributed by atoms with Gasteiger partial charge in [-0.1, -0.05) is 6.07 Å². The summed E-state index contributed by atoms with van der Waals surface area (Å²) in [5, 5.41) is 3.63. The number of hydrogen-bond acceptors (Lipinski definition) is 3. The number of halogens is 1. The Morgan fingerprint density at radius 3 is 3.05 bits per heavy atom. The second-order valence-corrected chi connectivity index (χ2v) is 5.97. The Balaban J connectivity index is 1.68. The van der Waals surface area contributed by atoms with Gasteiger partial charge >= 0.3 is 0 Å². The van der Waals surface area contributed by atoms with Gasteiger partial charge in [-0.15, -0.1) is 0 Å². The van der Waals surface area contributed by atoms with Crippen LogP contribution in [-0.2, 0) is 13.0 Å². The van der Waals surface area contributed by atoms with Crippen LogP contribution in [0.15, 0.2) is 24.4 Å². The van der Waals surface area contributed by atoms with Crippen molar-refractivity contribution in [1.82, 2.24) is 14.9 Å². The number of methoxy groups -OCH3 is 1. The van der Waals surface area contributed by atoms with Crippen LogP contribution in [0, 0.1) is 12.7 Å². The van der Waals surface area contributed by atoms with Gasteiger partial charge in [-0.3, -0.25) is 0 Å². The summed E-state index contributed by atoms with van der Waals surface area (Å²) < 4.78 is 20.8. The fraction of sp³-hybridized carbons (Fsp3) is 0.471. The lowest BCUT2D eigenvalue weighted by Gasteiger charge is -2.28. The molecule has 2 aromatic rings. The minimum absolute atomic E-state index is 0.144. The quantitative estimate of drug-likeness (QED) is 0.943. The number of benzene rings is 1. The molecule has 0 radical (unpaired) electrons. The first-order valence-corrected chi connectivity index (χ1v) is 7.69. The van der Waals surface area contributed by atoms with E-state index in [1.165, 1.54) is 19.0 Å². The van der Waals surface area contributed by atoms with Crippen molar-refractivity contribution in [2.75, 3.05) is 7.11 Å². The molecule has 0 saturated carbocycles. The van der Waals surface area contributed by atoms with Gasteiger partial charge in [0.1, 0.15) is 5.82 Å². The summed E-state index contributed by atoms with van der Waals surface area (Å²) in [6.07, 6.45) is 4.17. The van der Waals surface area contributed by atoms with E-state index < -0.39 is 0 Å². The number of aryl methyl sites for hydroxylation is 2. The van der Waals surface area contributed by atoms with Gasteiger partial charge in [-0.25, -0.2) is 9.37 Å². The molecule has 4 nitrogen and oxygen atoms in total. The van der Waals surface area contributed by atoms with Crippen molar-refractivity contribution < 1.29 is 9.13 Å². The zero-order valence-corrected chi connectivity index (χ0v) is 13.3. The van der Waals surface area contributed by atoms with Crippen molar-refractivity contribution in [1.29, 1.82) is 0 Å². The van der Waals surface area contributed by atoms with Gasteiger partial charge in [0.15, 0.2) is 11.6 Å². The minimum Gasteiger partial charge on any atom is -0.494 e. The highest BCUT2D eigenvalue weighted by molar-refractivity contribution is 5.32. The lowest BCUT2D eigenvalue weighted by atomic mass is 10.0. The Morgan fingerprint density at radius 2 is 2.27 bits per heavy atom. The molecule has 2 heterocycles. The summed E-state index contributed by atoms with van der Waals surface area (Å²) >= 11 is 0. The van der Waals surface area contributed by atoms with Crippen molar-refractivity contribution >= 4 is 0 Å². The molecule has 5 heteroatoms. The maximum Gasteiger partial charge on any atom is 0.165 e. The third kappa shape index (κ3) is 2.99. The minimum atomic E-state index is -0.324. The first-order valence-electron chi connectivity index (χ1n) is 7.69. The average Bonchev–Trinajstić information content (AvgIpc) is 2.87. The van der Waals surface area contributed by atoms with E-state index in [1.54, 1.807) is 6.07 Å². The number of rotatable bonds is 4. The van der Waals surface area contributed by atoms with Gasteiger partial charge in [0, 0.05) is 31.2 Å². The zero-order valence-electron chi connectivity index (χ0n) is 13.3. The molecule has 0 amide bonds. The first kappa shape index (κ1) is 15.0. The molecule has 22 heavy (non-hydrogen) atoms. The fourth-order valence-electron chi connectivity index (χ4n) is 3.12. The zero-order chi connectivity index (χ0) is 15.7. The molecule has 1 N–H and O–H groups in total. The Bertz CT molecular complexity index is 668. The number of hydrogen-bond donors (Lipinski definition) is 1. The van der Waals surface area contributed by atoms with Crippen LogP contribution >= 0.6 is 0 Å². The number of nitrogens with zero attached hydrogens (tertiary/aromatic N) is 2. The molecule has 0 fully saturated rings. The van der Waals surface area contributed by atoms with Crippen LogP contribution in [0.5, 0.6) is 5.75 Å². The van der Waals surface area contributed by atoms with Gasteiger partial charge < -0.3 is 14.6 Å². The van der Waals surface area contributed by atoms with E-state index in [2.05, 4.69) is 28.0 Å². The smallest absolute Gasteiger partial charge is 0.165 e. The number of fused-ring (bicyclic) bond motifs is 1. The molecule has 2 atom stereocenters. The second kappa shape index (κ2) is 6.08. The van der Waals surface area contributed by atoms with Crippen molar-refractivity contribution in [3.63, 3.8) is 0 Å². The van der Waals surface area contributed by atoms with Crippen molar-refractivity contribution in [2.24, 2.45) is 0 Å². The van der Waals surface area contributed by atoms with Crippen LogP contribution < -0.4 is 10.1 Å². The fourth-order valence-corrected chi connectivity index (χ4v) is 3.12. The van der Waals surface area contributed by atoms with Crippen LogP contribution in [0.1, 0.15) is 36.5 Å². The third-order valence-electron chi connectivity index (χ3n) is 4.27. The van der Waals surface area contributed by atoms with E-state index in [0.717, 1.165) is 30.6 Å². The normalized spacial score (nSPS) is 18.8. The van der Waals surface area contributed by atoms with Crippen LogP contribution in [0.2, 0.25) is 0 Å². The van der Waals surface area contributed by atoms with Crippen LogP contribution in [0.4, 0.5) is 4.39 Å². The molecular formula is C17H22FN3O. The number of ether oxygens (including phenoxy) is 1. The van der Waals surface area contributed by atoms with Crippen molar-refractivity contribution in [3.8, 4) is 5.75 Å². The van der Waals surface area contributed by atoms with E-state index in [9.17, 15) is 4.39 Å². The van der Waals surface area contributed by atoms with Crippen LogP contribution in [-0.4, -0.2) is 22.7 Å². The van der Waals surface area contributed by atoms with Crippen LogP contribution in [0.25, 0.3) is 0 Å². The van der Waals surface area contributed by atoms with Crippen molar-refractivity contribution in [3.05, 3.63) is 47.3 Å². The Labute approximate surface area is 130 Å². The van der Waals surface area contributed by atoms with Gasteiger partial charge in [0.2, 0.25) is 0 Å². The van der Waals surface area contributed by atoms with E-state index in [4.69, 9.17) is 4.74 Å². The average molecular weight is 303 g/mol. The molecule has 0 aliphatic carbocycles. The predicted octanol–water partition coefficient (Wildman–Crippen LogP) is 3.00. The Morgan fingerprint density at radius 1 is 1.45 bits per heavy atom. The molecule has 118 valence electrons. The van der Waals surface area contributed by atoms with E-state index >= 15 is 0 Å². The SMILES string of the molecule is COc1cc(C(C)NC2CCc3nc(C)cn3C2)ccc1F. The van der Waals surface area contributed by atoms with Gasteiger partial charge in [0.05, 0.1) is 12.8 Å². The Kier molecular flexibility index (Phi) is 4.16. The van der Waals surface area contributed by atoms with Crippen molar-refractivity contribution in [2.45, 2.75) is 45.3 Å². The highest BCUT2D eigenvalue weighted by Crippen LogP contribution is 2.24. The lowest BCUT2D eigenvalue weighted by Crippen LogP contribution is -2.38. The molecule has 0 bridgehead atoms. The molecule has 1 aliphatic heterocycles. The van der Waals surface area contributed by atoms with Crippen LogP contribution in [0.3, 0.4) is 0 Å². The summed E-state index contributed by atoms with van der Waals surface area (Å²) in [5.74, 6) is 1.14. The number of imidazole rings is 1. The predicted molar refractivity (Wildman–Crippen MR) is 83.6 cm³/mol. The molecule has 3 rings (SSSR count). The summed E-state index contributed by atoms with van der Waals surface area (Å²) in [7, 11) is 1.49. The second-order valence-electron chi connectivity index (χ2n) is 5.97. The maximum atomic E-state index is 13.5. The third-order valence-corrected chi connectivity index (χ3v) is 4.27. The number of nitrogens with one attached hydrogen (secondary N) is 1. The highest BCUT2D eigenvalue weighted by Gasteiger charge is 2.21. The highest BCUT2D eigenvalue weighted by atomic mass is 19.1. The summed E-state index contributed by atoms with van der Waals surface area (Å²) in [6, 6.07) is 5.58.